The summed E-state index contributed by atoms with van der Waals surface area (Å²) in [6.07, 6.45) is -1.47. The molecule has 3 rings (SSSR count). The van der Waals surface area contributed by atoms with Crippen LogP contribution in [0.1, 0.15) is 36.4 Å². The van der Waals surface area contributed by atoms with Gasteiger partial charge in [0.2, 0.25) is 0 Å². The summed E-state index contributed by atoms with van der Waals surface area (Å²) in [7, 11) is 0. The number of fused-ring (bicyclic) bond motifs is 2. The predicted octanol–water partition coefficient (Wildman–Crippen LogP) is 0.762. The van der Waals surface area contributed by atoms with E-state index in [1.165, 1.54) is 12.1 Å². The highest BCUT2D eigenvalue weighted by Gasteiger charge is 2.36. The molecule has 1 aliphatic carbocycles. The van der Waals surface area contributed by atoms with Crippen LogP contribution in [0.3, 0.4) is 0 Å². The number of aromatic nitrogens is 2. The molecule has 94 valence electrons. The number of hydrogen-bond donors (Lipinski definition) is 2. The van der Waals surface area contributed by atoms with Gasteiger partial charge in [-0.25, -0.2) is 0 Å². The van der Waals surface area contributed by atoms with Crippen LogP contribution in [0.5, 0.6) is 0 Å². The second-order valence-electron chi connectivity index (χ2n) is 4.46. The molecular weight excluding hydrogens is 236 g/mol. The fourth-order valence-corrected chi connectivity index (χ4v) is 2.48. The van der Waals surface area contributed by atoms with Crippen LogP contribution in [0, 0.1) is 10.1 Å². The van der Waals surface area contributed by atoms with Gasteiger partial charge in [0.25, 0.3) is 11.2 Å². The predicted molar refractivity (Wildman–Crippen MR) is 63.2 cm³/mol. The molecule has 0 spiro atoms. The number of rotatable bonds is 0. The maximum atomic E-state index is 12.2. The number of nitrogens with zero attached hydrogens (tertiary/aromatic N) is 2. The van der Waals surface area contributed by atoms with Crippen molar-refractivity contribution >= 4 is 11.0 Å². The first kappa shape index (κ1) is 11.2. The number of aliphatic hydroxyl groups excluding tert-OH is 2. The number of hydrogen-bond acceptors (Lipinski definition) is 4. The molecule has 0 bridgehead atoms. The van der Waals surface area contributed by atoms with Gasteiger partial charge in [-0.1, -0.05) is 12.1 Å². The Labute approximate surface area is 102 Å². The van der Waals surface area contributed by atoms with Crippen LogP contribution in [-0.2, 0) is 0 Å². The van der Waals surface area contributed by atoms with Crippen molar-refractivity contribution in [2.75, 3.05) is 0 Å². The molecule has 0 fully saturated rings. The summed E-state index contributed by atoms with van der Waals surface area (Å²) in [6, 6.07) is 6.33. The molecule has 2 unspecified atom stereocenters. The summed E-state index contributed by atoms with van der Waals surface area (Å²) in [5.41, 5.74) is 0.309. The minimum Gasteiger partial charge on any atom is -0.805 e. The van der Waals surface area contributed by atoms with Crippen molar-refractivity contribution in [2.45, 2.75) is 25.0 Å². The number of benzene rings is 1. The summed E-state index contributed by atoms with van der Waals surface area (Å²) in [5.74, 6) is 0. The monoisotopic (exact) mass is 248 g/mol. The summed E-state index contributed by atoms with van der Waals surface area (Å²) in [6.45, 7) is 0. The number of para-hydroxylation sites is 2. The van der Waals surface area contributed by atoms with E-state index in [1.807, 2.05) is 0 Å². The molecule has 18 heavy (non-hydrogen) atoms. The van der Waals surface area contributed by atoms with Crippen molar-refractivity contribution in [3.63, 3.8) is 0 Å². The van der Waals surface area contributed by atoms with E-state index < -0.39 is 12.2 Å². The lowest BCUT2D eigenvalue weighted by Gasteiger charge is -2.27. The molecule has 6 nitrogen and oxygen atoms in total. The largest absolute Gasteiger partial charge is 0.805 e. The van der Waals surface area contributed by atoms with Crippen molar-refractivity contribution in [1.82, 2.24) is 4.73 Å². The van der Waals surface area contributed by atoms with Gasteiger partial charge in [0, 0.05) is 11.0 Å². The first-order chi connectivity index (χ1) is 8.61. The fraction of sp³-hybridized carbons (Fsp3) is 0.333. The highest BCUT2D eigenvalue weighted by molar-refractivity contribution is 5.72. The maximum absolute atomic E-state index is 12.2. The van der Waals surface area contributed by atoms with Gasteiger partial charge in [-0.3, -0.25) is 0 Å². The van der Waals surface area contributed by atoms with Crippen LogP contribution in [0.25, 0.3) is 11.0 Å². The Bertz CT molecular complexity index is 680. The van der Waals surface area contributed by atoms with Crippen LogP contribution in [0.2, 0.25) is 0 Å². The van der Waals surface area contributed by atoms with E-state index in [0.717, 1.165) is 0 Å². The smallest absolute Gasteiger partial charge is 0.290 e. The Morgan fingerprint density at radius 3 is 2.67 bits per heavy atom. The fourth-order valence-electron chi connectivity index (χ4n) is 2.48. The SMILES string of the molecule is O=[n+]1c2c(n([O-])c3ccccc31)C(O)CCC2O. The van der Waals surface area contributed by atoms with Crippen molar-refractivity contribution in [1.29, 1.82) is 0 Å². The van der Waals surface area contributed by atoms with E-state index in [2.05, 4.69) is 0 Å². The average Bonchev–Trinajstić information content (AvgIpc) is 2.38. The van der Waals surface area contributed by atoms with E-state index in [-0.39, 0.29) is 35.3 Å². The van der Waals surface area contributed by atoms with Crippen LogP contribution >= 0.6 is 0 Å². The van der Waals surface area contributed by atoms with Gasteiger partial charge in [-0.05, 0) is 18.9 Å². The molecule has 0 saturated heterocycles. The molecule has 0 saturated carbocycles. The molecule has 1 aromatic carbocycles. The van der Waals surface area contributed by atoms with E-state index >= 15 is 0 Å². The lowest BCUT2D eigenvalue weighted by molar-refractivity contribution is -0.484. The Kier molecular flexibility index (Phi) is 2.36. The zero-order valence-corrected chi connectivity index (χ0v) is 9.48. The second-order valence-corrected chi connectivity index (χ2v) is 4.46. The molecule has 1 heterocycles. The summed E-state index contributed by atoms with van der Waals surface area (Å²) >= 11 is 0. The molecule has 0 aliphatic heterocycles. The molecule has 6 heteroatoms. The van der Waals surface area contributed by atoms with Gasteiger partial charge in [0.15, 0.2) is 0 Å². The van der Waals surface area contributed by atoms with E-state index in [9.17, 15) is 20.3 Å². The van der Waals surface area contributed by atoms with Crippen molar-refractivity contribution in [2.24, 2.45) is 0 Å². The Hall–Kier alpha value is -1.92. The Morgan fingerprint density at radius 2 is 1.89 bits per heavy atom. The van der Waals surface area contributed by atoms with Crippen LogP contribution in [-0.4, -0.2) is 14.9 Å². The molecule has 0 amide bonds. The minimum absolute atomic E-state index is 0.0394. The normalized spacial score (nSPS) is 23.0. The standard InChI is InChI=1S/C12H12N2O4/c15-9-5-6-10(16)12-11(9)13(17)7-3-1-2-4-8(7)14(12)18/h1-4,9-10,15-16H,5-6H2. The topological polar surface area (TPSA) is 91.4 Å². The van der Waals surface area contributed by atoms with Crippen molar-refractivity contribution in [3.05, 3.63) is 45.8 Å². The van der Waals surface area contributed by atoms with Gasteiger partial charge in [-0.2, -0.15) is 0 Å². The van der Waals surface area contributed by atoms with Crippen LogP contribution in [0.15, 0.2) is 24.3 Å². The third-order valence-corrected chi connectivity index (χ3v) is 3.36. The summed E-state index contributed by atoms with van der Waals surface area (Å²) < 4.78 is 1.10. The molecule has 2 N–H and O–H groups in total. The highest BCUT2D eigenvalue weighted by atomic mass is 16.5. The maximum Gasteiger partial charge on any atom is 0.290 e. The van der Waals surface area contributed by atoms with Gasteiger partial charge in [0.1, 0.15) is 23.4 Å². The van der Waals surface area contributed by atoms with Crippen LogP contribution < -0.4 is 4.43 Å². The summed E-state index contributed by atoms with van der Waals surface area (Å²) in [5, 5.41) is 31.9. The second kappa shape index (κ2) is 3.79. The van der Waals surface area contributed by atoms with E-state index in [1.54, 1.807) is 12.1 Å². The van der Waals surface area contributed by atoms with Gasteiger partial charge < -0.3 is 20.2 Å². The molecule has 0 radical (unpaired) electrons. The van der Waals surface area contributed by atoms with E-state index in [0.29, 0.717) is 9.16 Å². The number of aliphatic hydroxyl groups is 2. The quantitative estimate of drug-likeness (QED) is 0.673. The third kappa shape index (κ3) is 1.36. The first-order valence-electron chi connectivity index (χ1n) is 5.75. The van der Waals surface area contributed by atoms with Crippen LogP contribution in [0.4, 0.5) is 0 Å². The van der Waals surface area contributed by atoms with Gasteiger partial charge in [-0.15, -0.1) is 0 Å². The lowest BCUT2D eigenvalue weighted by atomic mass is 9.95. The lowest BCUT2D eigenvalue weighted by Crippen LogP contribution is -2.34. The highest BCUT2D eigenvalue weighted by Crippen LogP contribution is 2.34. The van der Waals surface area contributed by atoms with E-state index in [4.69, 9.17) is 0 Å². The van der Waals surface area contributed by atoms with Gasteiger partial charge >= 0.3 is 0 Å². The average molecular weight is 248 g/mol. The zero-order chi connectivity index (χ0) is 12.9. The third-order valence-electron chi connectivity index (χ3n) is 3.36. The minimum atomic E-state index is -1.01. The molecular formula is C12H12N2O4. The van der Waals surface area contributed by atoms with Crippen molar-refractivity contribution < 1.29 is 14.6 Å². The first-order valence-corrected chi connectivity index (χ1v) is 5.75. The molecule has 2 aromatic rings. The molecule has 1 aliphatic rings. The zero-order valence-electron chi connectivity index (χ0n) is 9.48. The Balaban J connectivity index is 2.50. The van der Waals surface area contributed by atoms with Gasteiger partial charge in [0.05, 0.1) is 4.43 Å². The van der Waals surface area contributed by atoms with Crippen molar-refractivity contribution in [3.8, 4) is 0 Å². The Morgan fingerprint density at radius 1 is 1.22 bits per heavy atom. The molecule has 2 atom stereocenters. The summed E-state index contributed by atoms with van der Waals surface area (Å²) in [4.78, 5) is 12.2. The molecule has 1 aromatic heterocycles.